The molecule has 0 saturated heterocycles. The minimum atomic E-state index is 0.207. The van der Waals surface area contributed by atoms with E-state index < -0.39 is 0 Å². The molecule has 0 aromatic heterocycles. The average molecular weight is 306 g/mol. The molecule has 118 valence electrons. The number of fused-ring (bicyclic) bond motifs is 3. The zero-order valence-electron chi connectivity index (χ0n) is 13.5. The van der Waals surface area contributed by atoms with Crippen molar-refractivity contribution < 1.29 is 4.74 Å². The monoisotopic (exact) mass is 306 g/mol. The summed E-state index contributed by atoms with van der Waals surface area (Å²) in [5.74, 6) is 2.10. The molecule has 0 bridgehead atoms. The van der Waals surface area contributed by atoms with Gasteiger partial charge in [-0.05, 0) is 47.2 Å². The number of nitrogens with one attached hydrogen (secondary N) is 1. The number of nitrogens with zero attached hydrogens (tertiary/aromatic N) is 1. The van der Waals surface area contributed by atoms with Crippen LogP contribution in [0.15, 0.2) is 47.5 Å². The van der Waals surface area contributed by atoms with Crippen LogP contribution in [-0.2, 0) is 0 Å². The molecule has 2 aromatic carbocycles. The smallest absolute Gasteiger partial charge is 0.119 e. The van der Waals surface area contributed by atoms with Gasteiger partial charge in [0.2, 0.25) is 0 Å². The van der Waals surface area contributed by atoms with Crippen molar-refractivity contribution in [1.82, 2.24) is 5.32 Å². The summed E-state index contributed by atoms with van der Waals surface area (Å²) in [7, 11) is 0. The van der Waals surface area contributed by atoms with Gasteiger partial charge in [0.25, 0.3) is 0 Å². The Labute approximate surface area is 137 Å². The fourth-order valence-electron chi connectivity index (χ4n) is 3.47. The lowest BCUT2D eigenvalue weighted by Crippen LogP contribution is -2.26. The largest absolute Gasteiger partial charge is 0.494 e. The molecular formula is C20H22N2O. The molecule has 1 unspecified atom stereocenters. The molecule has 1 aliphatic carbocycles. The first kappa shape index (κ1) is 14.3. The van der Waals surface area contributed by atoms with Crippen molar-refractivity contribution in [1.29, 1.82) is 0 Å². The Kier molecular flexibility index (Phi) is 3.78. The highest BCUT2D eigenvalue weighted by Gasteiger charge is 2.29. The lowest BCUT2D eigenvalue weighted by atomic mass is 10.0. The number of amidine groups is 1. The minimum Gasteiger partial charge on any atom is -0.494 e. The molecule has 0 spiro atoms. The number of aliphatic imine (C=N–C) groups is 1. The Bertz CT molecular complexity index is 751. The van der Waals surface area contributed by atoms with Crippen LogP contribution in [0.3, 0.4) is 0 Å². The number of ether oxygens (including phenoxy) is 1. The van der Waals surface area contributed by atoms with Gasteiger partial charge in [0.15, 0.2) is 0 Å². The molecule has 3 nitrogen and oxygen atoms in total. The van der Waals surface area contributed by atoms with Crippen LogP contribution in [0.2, 0.25) is 0 Å². The standard InChI is InChI=1S/C20H22N2O/c1-2-12-23-14-9-10-17-18(13-14)15-6-3-4-7-16(15)20(17)22-19-8-5-11-21-19/h3-4,6-7,9-10,13,20H,2,5,8,11-12H2,1H3,(H,21,22). The van der Waals surface area contributed by atoms with Crippen molar-refractivity contribution in [3.8, 4) is 16.9 Å². The van der Waals surface area contributed by atoms with Crippen molar-refractivity contribution in [2.45, 2.75) is 32.2 Å². The molecule has 2 aliphatic rings. The summed E-state index contributed by atoms with van der Waals surface area (Å²) in [6.07, 6.45) is 3.25. The maximum absolute atomic E-state index is 5.82. The molecule has 4 rings (SSSR count). The first-order chi connectivity index (χ1) is 11.4. The molecular weight excluding hydrogens is 284 g/mol. The maximum Gasteiger partial charge on any atom is 0.119 e. The molecule has 0 fully saturated rings. The van der Waals surface area contributed by atoms with Crippen LogP contribution < -0.4 is 10.1 Å². The van der Waals surface area contributed by atoms with Crippen LogP contribution in [-0.4, -0.2) is 19.0 Å². The fraction of sp³-hybridized carbons (Fsp3) is 0.350. The van der Waals surface area contributed by atoms with E-state index in [1.807, 2.05) is 0 Å². The Balaban J connectivity index is 1.72. The van der Waals surface area contributed by atoms with Gasteiger partial charge in [-0.1, -0.05) is 37.3 Å². The van der Waals surface area contributed by atoms with Crippen LogP contribution in [0.25, 0.3) is 11.1 Å². The third-order valence-electron chi connectivity index (χ3n) is 4.56. The van der Waals surface area contributed by atoms with Crippen molar-refractivity contribution in [2.24, 2.45) is 4.99 Å². The maximum atomic E-state index is 5.82. The zero-order chi connectivity index (χ0) is 15.6. The second kappa shape index (κ2) is 6.07. The topological polar surface area (TPSA) is 33.6 Å². The van der Waals surface area contributed by atoms with E-state index >= 15 is 0 Å². The summed E-state index contributed by atoms with van der Waals surface area (Å²) in [5.41, 5.74) is 5.25. The highest BCUT2D eigenvalue weighted by molar-refractivity contribution is 5.87. The van der Waals surface area contributed by atoms with E-state index in [4.69, 9.17) is 4.74 Å². The third-order valence-corrected chi connectivity index (χ3v) is 4.56. The zero-order valence-corrected chi connectivity index (χ0v) is 13.5. The van der Waals surface area contributed by atoms with Crippen molar-refractivity contribution in [3.63, 3.8) is 0 Å². The Hall–Kier alpha value is -2.29. The molecule has 23 heavy (non-hydrogen) atoms. The van der Waals surface area contributed by atoms with E-state index in [1.54, 1.807) is 0 Å². The molecule has 1 heterocycles. The summed E-state index contributed by atoms with van der Waals surface area (Å²) in [5, 5.41) is 3.66. The van der Waals surface area contributed by atoms with E-state index in [2.05, 4.69) is 59.7 Å². The Morgan fingerprint density at radius 1 is 1.13 bits per heavy atom. The van der Waals surface area contributed by atoms with Gasteiger partial charge in [-0.25, -0.2) is 0 Å². The van der Waals surface area contributed by atoms with E-state index in [1.165, 1.54) is 22.3 Å². The molecule has 1 atom stereocenters. The van der Waals surface area contributed by atoms with Gasteiger partial charge in [0.1, 0.15) is 5.75 Å². The lowest BCUT2D eigenvalue weighted by molar-refractivity contribution is 0.317. The SMILES string of the molecule is CCCOc1ccc2c(c1)-c1ccccc1C2NC1=NCCC1. The van der Waals surface area contributed by atoms with E-state index in [0.29, 0.717) is 0 Å². The van der Waals surface area contributed by atoms with Gasteiger partial charge in [-0.2, -0.15) is 0 Å². The van der Waals surface area contributed by atoms with Gasteiger partial charge >= 0.3 is 0 Å². The van der Waals surface area contributed by atoms with Crippen molar-refractivity contribution in [3.05, 3.63) is 53.6 Å². The van der Waals surface area contributed by atoms with Crippen LogP contribution in [0, 0.1) is 0 Å². The molecule has 0 amide bonds. The van der Waals surface area contributed by atoms with E-state index in [0.717, 1.165) is 44.0 Å². The first-order valence-corrected chi connectivity index (χ1v) is 8.52. The normalized spacial score (nSPS) is 18.3. The van der Waals surface area contributed by atoms with E-state index in [-0.39, 0.29) is 6.04 Å². The van der Waals surface area contributed by atoms with Gasteiger partial charge < -0.3 is 10.1 Å². The van der Waals surface area contributed by atoms with E-state index in [9.17, 15) is 0 Å². The van der Waals surface area contributed by atoms with Crippen LogP contribution in [0.4, 0.5) is 0 Å². The fourth-order valence-corrected chi connectivity index (χ4v) is 3.47. The van der Waals surface area contributed by atoms with Gasteiger partial charge in [-0.3, -0.25) is 4.99 Å². The molecule has 0 radical (unpaired) electrons. The average Bonchev–Trinajstić information content (AvgIpc) is 3.21. The number of benzene rings is 2. The van der Waals surface area contributed by atoms with Crippen LogP contribution in [0.1, 0.15) is 43.4 Å². The second-order valence-electron chi connectivity index (χ2n) is 6.19. The highest BCUT2D eigenvalue weighted by atomic mass is 16.5. The van der Waals surface area contributed by atoms with Crippen molar-refractivity contribution in [2.75, 3.05) is 13.2 Å². The summed E-state index contributed by atoms with van der Waals surface area (Å²) in [4.78, 5) is 4.58. The minimum absolute atomic E-state index is 0.207. The number of hydrogen-bond acceptors (Lipinski definition) is 3. The lowest BCUT2D eigenvalue weighted by Gasteiger charge is -2.17. The third kappa shape index (κ3) is 2.61. The molecule has 2 aromatic rings. The predicted molar refractivity (Wildman–Crippen MR) is 94.2 cm³/mol. The van der Waals surface area contributed by atoms with Gasteiger partial charge in [0, 0.05) is 13.0 Å². The van der Waals surface area contributed by atoms with Gasteiger partial charge in [-0.15, -0.1) is 0 Å². The molecule has 1 N–H and O–H groups in total. The van der Waals surface area contributed by atoms with Gasteiger partial charge in [0.05, 0.1) is 18.5 Å². The second-order valence-corrected chi connectivity index (χ2v) is 6.19. The van der Waals surface area contributed by atoms with Crippen LogP contribution in [0.5, 0.6) is 5.75 Å². The Morgan fingerprint density at radius 3 is 2.83 bits per heavy atom. The number of hydrogen-bond donors (Lipinski definition) is 1. The quantitative estimate of drug-likeness (QED) is 0.912. The first-order valence-electron chi connectivity index (χ1n) is 8.52. The predicted octanol–water partition coefficient (Wildman–Crippen LogP) is 4.33. The summed E-state index contributed by atoms with van der Waals surface area (Å²) in [6, 6.07) is 15.3. The summed E-state index contributed by atoms with van der Waals surface area (Å²) < 4.78 is 5.82. The highest BCUT2D eigenvalue weighted by Crippen LogP contribution is 2.44. The summed E-state index contributed by atoms with van der Waals surface area (Å²) in [6.45, 7) is 3.84. The molecule has 3 heteroatoms. The molecule has 0 saturated carbocycles. The van der Waals surface area contributed by atoms with Crippen molar-refractivity contribution >= 4 is 5.84 Å². The molecule has 1 aliphatic heterocycles. The van der Waals surface area contributed by atoms with Crippen LogP contribution >= 0.6 is 0 Å². The Morgan fingerprint density at radius 2 is 2.00 bits per heavy atom. The number of rotatable bonds is 4. The summed E-state index contributed by atoms with van der Waals surface area (Å²) >= 11 is 0.